The molecule has 0 aromatic carbocycles. The van der Waals surface area contributed by atoms with Crippen LogP contribution in [0.2, 0.25) is 0 Å². The van der Waals surface area contributed by atoms with Crippen LogP contribution < -0.4 is 0 Å². The van der Waals surface area contributed by atoms with E-state index < -0.39 is 12.6 Å². The van der Waals surface area contributed by atoms with E-state index in [1.807, 2.05) is 0 Å². The van der Waals surface area contributed by atoms with Crippen LogP contribution in [0, 0.1) is 6.92 Å². The number of hydrogen-bond acceptors (Lipinski definition) is 1. The fourth-order valence-corrected chi connectivity index (χ4v) is 1.01. The Labute approximate surface area is 83.6 Å². The molecule has 0 bridgehead atoms. The fraction of sp³-hybridized carbons (Fsp3) is 0.900. The highest BCUT2D eigenvalue weighted by atomic mass is 19.4. The van der Waals surface area contributed by atoms with Crippen molar-refractivity contribution >= 4 is 0 Å². The maximum Gasteiger partial charge on any atom is 0.389 e. The molecule has 85 valence electrons. The predicted molar refractivity (Wildman–Crippen MR) is 49.9 cm³/mol. The Morgan fingerprint density at radius 2 is 1.50 bits per heavy atom. The van der Waals surface area contributed by atoms with Crippen LogP contribution in [0.4, 0.5) is 13.2 Å². The first-order chi connectivity index (χ1) is 6.56. The second-order valence-corrected chi connectivity index (χ2v) is 3.25. The van der Waals surface area contributed by atoms with Gasteiger partial charge in [-0.1, -0.05) is 19.8 Å². The molecule has 0 N–H and O–H groups in total. The third kappa shape index (κ3) is 11.8. The van der Waals surface area contributed by atoms with Crippen LogP contribution in [0.15, 0.2) is 0 Å². The Morgan fingerprint density at radius 3 is 2.00 bits per heavy atom. The molecule has 0 aliphatic rings. The summed E-state index contributed by atoms with van der Waals surface area (Å²) in [7, 11) is 0. The first-order valence-corrected chi connectivity index (χ1v) is 5.00. The lowest BCUT2D eigenvalue weighted by molar-refractivity contribution is -0.136. The minimum absolute atomic E-state index is 0.166. The van der Waals surface area contributed by atoms with E-state index in [4.69, 9.17) is 4.74 Å². The Morgan fingerprint density at radius 1 is 0.929 bits per heavy atom. The number of rotatable bonds is 8. The van der Waals surface area contributed by atoms with Crippen molar-refractivity contribution in [1.82, 2.24) is 0 Å². The molecule has 0 saturated carbocycles. The van der Waals surface area contributed by atoms with Gasteiger partial charge in [0, 0.05) is 19.6 Å². The van der Waals surface area contributed by atoms with E-state index in [0.717, 1.165) is 19.3 Å². The SMILES string of the molecule is [CH2]CCCCOCCCCC(F)(F)F. The first kappa shape index (κ1) is 13.8. The van der Waals surface area contributed by atoms with E-state index in [9.17, 15) is 13.2 Å². The summed E-state index contributed by atoms with van der Waals surface area (Å²) in [5, 5.41) is 0. The summed E-state index contributed by atoms with van der Waals surface area (Å²) < 4.78 is 40.2. The van der Waals surface area contributed by atoms with E-state index in [2.05, 4.69) is 6.92 Å². The van der Waals surface area contributed by atoms with Crippen LogP contribution in [0.3, 0.4) is 0 Å². The van der Waals surface area contributed by atoms with Crippen LogP contribution in [0.1, 0.15) is 38.5 Å². The summed E-state index contributed by atoms with van der Waals surface area (Å²) >= 11 is 0. The number of halogens is 3. The van der Waals surface area contributed by atoms with Gasteiger partial charge < -0.3 is 4.74 Å². The number of unbranched alkanes of at least 4 members (excludes halogenated alkanes) is 3. The third-order valence-electron chi connectivity index (χ3n) is 1.79. The van der Waals surface area contributed by atoms with Crippen molar-refractivity contribution in [1.29, 1.82) is 0 Å². The topological polar surface area (TPSA) is 9.23 Å². The minimum Gasteiger partial charge on any atom is -0.381 e. The average molecular weight is 211 g/mol. The van der Waals surface area contributed by atoms with Crippen LogP contribution in [0.25, 0.3) is 0 Å². The highest BCUT2D eigenvalue weighted by Gasteiger charge is 2.25. The van der Waals surface area contributed by atoms with Gasteiger partial charge >= 0.3 is 6.18 Å². The fourth-order valence-electron chi connectivity index (χ4n) is 1.01. The standard InChI is InChI=1S/C10H18F3O/c1-2-3-5-8-14-9-6-4-7-10(11,12)13/h1-9H2. The smallest absolute Gasteiger partial charge is 0.381 e. The van der Waals surface area contributed by atoms with E-state index in [-0.39, 0.29) is 6.42 Å². The van der Waals surface area contributed by atoms with Gasteiger partial charge in [-0.2, -0.15) is 13.2 Å². The normalized spacial score (nSPS) is 12.0. The molecule has 4 heteroatoms. The second kappa shape index (κ2) is 8.09. The molecule has 0 rings (SSSR count). The zero-order chi connectivity index (χ0) is 10.9. The lowest BCUT2D eigenvalue weighted by atomic mass is 10.2. The second-order valence-electron chi connectivity index (χ2n) is 3.25. The summed E-state index contributed by atoms with van der Waals surface area (Å²) in [5.41, 5.74) is 0. The lowest BCUT2D eigenvalue weighted by Crippen LogP contribution is -2.07. The Kier molecular flexibility index (Phi) is 7.95. The van der Waals surface area contributed by atoms with Gasteiger partial charge in [0.1, 0.15) is 0 Å². The molecule has 0 fully saturated rings. The first-order valence-electron chi connectivity index (χ1n) is 5.00. The van der Waals surface area contributed by atoms with Crippen molar-refractivity contribution in [2.45, 2.75) is 44.7 Å². The Hall–Kier alpha value is -0.250. The molecule has 0 atom stereocenters. The number of alkyl halides is 3. The molecule has 0 aliphatic carbocycles. The third-order valence-corrected chi connectivity index (χ3v) is 1.79. The quantitative estimate of drug-likeness (QED) is 0.556. The Bertz CT molecular complexity index is 123. The monoisotopic (exact) mass is 211 g/mol. The van der Waals surface area contributed by atoms with Gasteiger partial charge in [-0.15, -0.1) is 0 Å². The molecule has 0 aliphatic heterocycles. The molecule has 0 unspecified atom stereocenters. The molecule has 0 heterocycles. The van der Waals surface area contributed by atoms with E-state index in [1.54, 1.807) is 0 Å². The number of hydrogen-bond donors (Lipinski definition) is 0. The van der Waals surface area contributed by atoms with Gasteiger partial charge in [-0.05, 0) is 19.3 Å². The van der Waals surface area contributed by atoms with Crippen molar-refractivity contribution in [3.8, 4) is 0 Å². The van der Waals surface area contributed by atoms with Gasteiger partial charge in [-0.25, -0.2) is 0 Å². The maximum absolute atomic E-state index is 11.7. The van der Waals surface area contributed by atoms with Crippen molar-refractivity contribution in [3.05, 3.63) is 6.92 Å². The molecule has 1 radical (unpaired) electrons. The molecule has 0 saturated heterocycles. The lowest BCUT2D eigenvalue weighted by Gasteiger charge is -2.06. The van der Waals surface area contributed by atoms with Gasteiger partial charge in [0.05, 0.1) is 0 Å². The molecule has 0 spiro atoms. The molecule has 14 heavy (non-hydrogen) atoms. The number of ether oxygens (including phenoxy) is 1. The summed E-state index contributed by atoms with van der Waals surface area (Å²) in [6.07, 6.45) is -1.21. The largest absolute Gasteiger partial charge is 0.389 e. The van der Waals surface area contributed by atoms with Crippen molar-refractivity contribution in [3.63, 3.8) is 0 Å². The Balaban J connectivity index is 2.99. The summed E-state index contributed by atoms with van der Waals surface area (Å²) in [4.78, 5) is 0. The average Bonchev–Trinajstić information content (AvgIpc) is 2.08. The molecule has 0 aromatic heterocycles. The molecule has 1 nitrogen and oxygen atoms in total. The van der Waals surface area contributed by atoms with Gasteiger partial charge in [0.2, 0.25) is 0 Å². The van der Waals surface area contributed by atoms with Crippen molar-refractivity contribution < 1.29 is 17.9 Å². The van der Waals surface area contributed by atoms with Gasteiger partial charge in [0.25, 0.3) is 0 Å². The van der Waals surface area contributed by atoms with Crippen LogP contribution >= 0.6 is 0 Å². The summed E-state index contributed by atoms with van der Waals surface area (Å²) in [5.74, 6) is 0. The van der Waals surface area contributed by atoms with E-state index in [0.29, 0.717) is 19.6 Å². The molecular weight excluding hydrogens is 193 g/mol. The molecule has 0 amide bonds. The predicted octanol–water partition coefficient (Wildman–Crippen LogP) is 3.74. The minimum atomic E-state index is -4.02. The molecular formula is C10H18F3O. The summed E-state index contributed by atoms with van der Waals surface area (Å²) in [6.45, 7) is 4.76. The molecule has 0 aromatic rings. The maximum atomic E-state index is 11.7. The van der Waals surface area contributed by atoms with Gasteiger partial charge in [-0.3, -0.25) is 0 Å². The van der Waals surface area contributed by atoms with Crippen LogP contribution in [0.5, 0.6) is 0 Å². The summed E-state index contributed by atoms with van der Waals surface area (Å²) in [6, 6.07) is 0. The zero-order valence-electron chi connectivity index (χ0n) is 8.41. The van der Waals surface area contributed by atoms with Gasteiger partial charge in [0.15, 0.2) is 0 Å². The highest BCUT2D eigenvalue weighted by molar-refractivity contribution is 4.50. The highest BCUT2D eigenvalue weighted by Crippen LogP contribution is 2.21. The van der Waals surface area contributed by atoms with Crippen molar-refractivity contribution in [2.75, 3.05) is 13.2 Å². The van der Waals surface area contributed by atoms with E-state index in [1.165, 1.54) is 0 Å². The van der Waals surface area contributed by atoms with Crippen LogP contribution in [-0.4, -0.2) is 19.4 Å². The van der Waals surface area contributed by atoms with Crippen molar-refractivity contribution in [2.24, 2.45) is 0 Å². The van der Waals surface area contributed by atoms with Crippen LogP contribution in [-0.2, 0) is 4.74 Å². The zero-order valence-corrected chi connectivity index (χ0v) is 8.41. The van der Waals surface area contributed by atoms with E-state index >= 15 is 0 Å².